The Hall–Kier alpha value is -1.31. The molecule has 5 aliphatic rings. The van der Waals surface area contributed by atoms with Crippen LogP contribution in [0.4, 0.5) is 0 Å². The van der Waals surface area contributed by atoms with E-state index in [0.717, 1.165) is 23.7 Å². The van der Waals surface area contributed by atoms with Gasteiger partial charge in [-0.3, -0.25) is 4.79 Å². The normalized spacial score (nSPS) is 40.2. The van der Waals surface area contributed by atoms with Crippen LogP contribution in [-0.2, 0) is 4.79 Å². The molecule has 2 heteroatoms. The minimum atomic E-state index is -0.256. The summed E-state index contributed by atoms with van der Waals surface area (Å²) in [7, 11) is 0. The summed E-state index contributed by atoms with van der Waals surface area (Å²) in [6.07, 6.45) is 6.97. The Labute approximate surface area is 158 Å². The zero-order valence-electron chi connectivity index (χ0n) is 16.7. The smallest absolute Gasteiger partial charge is 0.231 e. The van der Waals surface area contributed by atoms with Gasteiger partial charge in [-0.1, -0.05) is 38.1 Å². The van der Waals surface area contributed by atoms with E-state index in [9.17, 15) is 4.79 Å². The Balaban J connectivity index is 1.47. The molecule has 1 saturated heterocycles. The summed E-state index contributed by atoms with van der Waals surface area (Å²) < 4.78 is 0. The van der Waals surface area contributed by atoms with Crippen molar-refractivity contribution in [3.63, 3.8) is 0 Å². The van der Waals surface area contributed by atoms with E-state index in [1.165, 1.54) is 43.2 Å². The number of likely N-dealkylation sites (tertiary alicyclic amines) is 1. The third-order valence-corrected chi connectivity index (χ3v) is 8.16. The molecule has 4 saturated carbocycles. The first-order valence-electron chi connectivity index (χ1n) is 10.8. The Morgan fingerprint density at radius 1 is 0.923 bits per heavy atom. The second-order valence-electron chi connectivity index (χ2n) is 10.6. The summed E-state index contributed by atoms with van der Waals surface area (Å²) >= 11 is 0. The van der Waals surface area contributed by atoms with Gasteiger partial charge in [-0.2, -0.15) is 0 Å². The van der Waals surface area contributed by atoms with Gasteiger partial charge in [-0.05, 0) is 86.7 Å². The summed E-state index contributed by atoms with van der Waals surface area (Å²) in [4.78, 5) is 15.5. The van der Waals surface area contributed by atoms with Crippen molar-refractivity contribution < 1.29 is 4.79 Å². The molecule has 26 heavy (non-hydrogen) atoms. The molecular weight excluding hydrogens is 318 g/mol. The predicted octanol–water partition coefficient (Wildman–Crippen LogP) is 5.54. The van der Waals surface area contributed by atoms with Crippen molar-refractivity contribution in [1.29, 1.82) is 0 Å². The Morgan fingerprint density at radius 2 is 1.46 bits per heavy atom. The van der Waals surface area contributed by atoms with Crippen molar-refractivity contribution in [2.24, 2.45) is 29.1 Å². The van der Waals surface area contributed by atoms with Crippen LogP contribution in [0.1, 0.15) is 82.9 Å². The fraction of sp³-hybridized carbons (Fsp3) is 0.708. The summed E-state index contributed by atoms with van der Waals surface area (Å²) in [5.41, 5.74) is 2.47. The lowest BCUT2D eigenvalue weighted by atomic mass is 9.52. The zero-order chi connectivity index (χ0) is 18.2. The van der Waals surface area contributed by atoms with Crippen molar-refractivity contribution in [2.75, 3.05) is 0 Å². The maximum absolute atomic E-state index is 13.2. The number of benzene rings is 1. The van der Waals surface area contributed by atoms with Gasteiger partial charge >= 0.3 is 0 Å². The molecule has 5 fully saturated rings. The minimum absolute atomic E-state index is 0.256. The molecule has 0 aromatic heterocycles. The number of β-lactam (4-membered cyclic amide) rings is 1. The van der Waals surface area contributed by atoms with Crippen LogP contribution in [0.2, 0.25) is 0 Å². The fourth-order valence-corrected chi connectivity index (χ4v) is 7.15. The molecule has 1 aliphatic heterocycles. The van der Waals surface area contributed by atoms with Gasteiger partial charge in [0.05, 0.1) is 11.5 Å². The first-order valence-corrected chi connectivity index (χ1v) is 10.8. The predicted molar refractivity (Wildman–Crippen MR) is 105 cm³/mol. The van der Waals surface area contributed by atoms with Crippen LogP contribution in [0.3, 0.4) is 0 Å². The van der Waals surface area contributed by atoms with Crippen LogP contribution in [0, 0.1) is 29.1 Å². The molecule has 4 bridgehead atoms. The van der Waals surface area contributed by atoms with Crippen LogP contribution < -0.4 is 0 Å². The molecule has 6 rings (SSSR count). The first kappa shape index (κ1) is 16.8. The van der Waals surface area contributed by atoms with Crippen LogP contribution in [0.25, 0.3) is 0 Å². The van der Waals surface area contributed by atoms with Crippen molar-refractivity contribution in [3.8, 4) is 0 Å². The third-order valence-electron chi connectivity index (χ3n) is 8.16. The van der Waals surface area contributed by atoms with E-state index in [-0.39, 0.29) is 11.5 Å². The van der Waals surface area contributed by atoms with E-state index in [1.807, 2.05) is 0 Å². The van der Waals surface area contributed by atoms with Crippen molar-refractivity contribution in [2.45, 2.75) is 77.8 Å². The molecule has 140 valence electrons. The van der Waals surface area contributed by atoms with Crippen LogP contribution >= 0.6 is 0 Å². The highest BCUT2D eigenvalue weighted by molar-refractivity contribution is 5.90. The number of carbonyl (C=O) groups is 1. The van der Waals surface area contributed by atoms with E-state index in [2.05, 4.69) is 56.9 Å². The van der Waals surface area contributed by atoms with E-state index < -0.39 is 0 Å². The number of hydrogen-bond acceptors (Lipinski definition) is 1. The maximum Gasteiger partial charge on any atom is 0.231 e. The van der Waals surface area contributed by atoms with E-state index >= 15 is 0 Å². The standard InChI is InChI=1S/C24H33NO/c1-14(2)17-5-7-18(8-6-17)22-24(3,4)23(26)25(22)21-19-10-15-9-16(12-19)13-20(21)11-15/h5-8,14-16,19-22H,9-13H2,1-4H3. The number of amides is 1. The highest BCUT2D eigenvalue weighted by atomic mass is 16.2. The summed E-state index contributed by atoms with van der Waals surface area (Å²) in [5.74, 6) is 4.41. The number of nitrogens with zero attached hydrogens (tertiary/aromatic N) is 1. The van der Waals surface area contributed by atoms with Crippen molar-refractivity contribution in [3.05, 3.63) is 35.4 Å². The van der Waals surface area contributed by atoms with Gasteiger partial charge in [-0.15, -0.1) is 0 Å². The molecule has 1 atom stereocenters. The molecule has 0 N–H and O–H groups in total. The van der Waals surface area contributed by atoms with Gasteiger partial charge < -0.3 is 4.90 Å². The van der Waals surface area contributed by atoms with E-state index in [0.29, 0.717) is 17.9 Å². The molecule has 0 radical (unpaired) electrons. The molecule has 1 amide bonds. The molecular formula is C24H33NO. The SMILES string of the molecule is CC(C)c1ccc(C2N(C3C4CC5CC(C4)CC3C5)C(=O)C2(C)C)cc1. The monoisotopic (exact) mass is 351 g/mol. The fourth-order valence-electron chi connectivity index (χ4n) is 7.15. The summed E-state index contributed by atoms with van der Waals surface area (Å²) in [6, 6.07) is 9.90. The average Bonchev–Trinajstić information content (AvgIpc) is 2.59. The second kappa shape index (κ2) is 5.59. The van der Waals surface area contributed by atoms with Crippen LogP contribution in [0.5, 0.6) is 0 Å². The van der Waals surface area contributed by atoms with Gasteiger partial charge in [-0.25, -0.2) is 0 Å². The molecule has 4 aliphatic carbocycles. The Kier molecular flexibility index (Phi) is 3.62. The largest absolute Gasteiger partial charge is 0.331 e. The van der Waals surface area contributed by atoms with Gasteiger partial charge in [0, 0.05) is 6.04 Å². The number of rotatable bonds is 3. The summed E-state index contributed by atoms with van der Waals surface area (Å²) in [6.45, 7) is 8.80. The third kappa shape index (κ3) is 2.26. The van der Waals surface area contributed by atoms with Crippen molar-refractivity contribution in [1.82, 2.24) is 4.90 Å². The van der Waals surface area contributed by atoms with Crippen molar-refractivity contribution >= 4 is 5.91 Å². The van der Waals surface area contributed by atoms with E-state index in [1.54, 1.807) is 0 Å². The Morgan fingerprint density at radius 3 is 1.96 bits per heavy atom. The second-order valence-corrected chi connectivity index (χ2v) is 10.6. The minimum Gasteiger partial charge on any atom is -0.331 e. The lowest BCUT2D eigenvalue weighted by Crippen LogP contribution is -2.69. The van der Waals surface area contributed by atoms with E-state index in [4.69, 9.17) is 0 Å². The molecule has 1 aromatic rings. The van der Waals surface area contributed by atoms with Crippen LogP contribution in [0.15, 0.2) is 24.3 Å². The zero-order valence-corrected chi connectivity index (χ0v) is 16.7. The molecule has 2 nitrogen and oxygen atoms in total. The number of carbonyl (C=O) groups excluding carboxylic acids is 1. The molecule has 0 spiro atoms. The molecule has 1 unspecified atom stereocenters. The summed E-state index contributed by atoms with van der Waals surface area (Å²) in [5, 5.41) is 0. The first-order chi connectivity index (χ1) is 12.4. The lowest BCUT2D eigenvalue weighted by molar-refractivity contribution is -0.191. The van der Waals surface area contributed by atoms with Gasteiger partial charge in [0.2, 0.25) is 5.91 Å². The highest BCUT2D eigenvalue weighted by Gasteiger charge is 2.61. The molecule has 1 heterocycles. The lowest BCUT2D eigenvalue weighted by Gasteiger charge is -2.64. The average molecular weight is 352 g/mol. The molecule has 1 aromatic carbocycles. The van der Waals surface area contributed by atoms with Crippen LogP contribution in [-0.4, -0.2) is 16.8 Å². The van der Waals surface area contributed by atoms with Gasteiger partial charge in [0.1, 0.15) is 0 Å². The van der Waals surface area contributed by atoms with Gasteiger partial charge in [0.25, 0.3) is 0 Å². The Bertz CT molecular complexity index is 688. The topological polar surface area (TPSA) is 20.3 Å². The quantitative estimate of drug-likeness (QED) is 0.654. The maximum atomic E-state index is 13.2. The highest BCUT2D eigenvalue weighted by Crippen LogP contribution is 2.60. The van der Waals surface area contributed by atoms with Gasteiger partial charge in [0.15, 0.2) is 0 Å². The number of hydrogen-bond donors (Lipinski definition) is 0.